The number of thioether (sulfide) groups is 1. The zero-order valence-electron chi connectivity index (χ0n) is 17.9. The van der Waals surface area contributed by atoms with Gasteiger partial charge in [0.15, 0.2) is 0 Å². The number of nitrogens with two attached hydrogens (primary N) is 1. The first-order valence-electron chi connectivity index (χ1n) is 10.3. The van der Waals surface area contributed by atoms with Crippen molar-refractivity contribution < 1.29 is 29.0 Å². The Balaban J connectivity index is 1.37. The molecule has 2 aliphatic heterocycles. The number of carbonyl (C=O) groups is 4. The van der Waals surface area contributed by atoms with E-state index >= 15 is 0 Å². The summed E-state index contributed by atoms with van der Waals surface area (Å²) >= 11 is 1.34. The second-order valence-corrected chi connectivity index (χ2v) is 10.2. The van der Waals surface area contributed by atoms with Gasteiger partial charge in [0, 0.05) is 4.75 Å². The van der Waals surface area contributed by atoms with Crippen LogP contribution in [-0.4, -0.2) is 56.0 Å². The Morgan fingerprint density at radius 2 is 1.76 bits per heavy atom. The molecule has 2 heterocycles. The molecule has 4 rings (SSSR count). The highest BCUT2D eigenvalue weighted by atomic mass is 32.2. The molecule has 2 aromatic carbocycles. The predicted molar refractivity (Wildman–Crippen MR) is 120 cm³/mol. The standard InChI is InChI=1S/C23H23N3O6S/c1-23(2)17(21(29)30)26-19(28)16(20(26)33-23)25-18(27)15(24)12-8-10-14(11-9-12)32-22(31)13-6-4-3-5-7-13/h3-11,15-17,20H,24H2,1-2H3,(H,25,27)(H,29,30)/t15?,16?,17-,20+/m0/s1. The molecule has 0 bridgehead atoms. The quantitative estimate of drug-likeness (QED) is 0.329. The molecule has 4 atom stereocenters. The summed E-state index contributed by atoms with van der Waals surface area (Å²) < 4.78 is 4.64. The van der Waals surface area contributed by atoms with E-state index in [9.17, 15) is 24.3 Å². The Morgan fingerprint density at radius 3 is 2.36 bits per heavy atom. The molecule has 2 amide bonds. The summed E-state index contributed by atoms with van der Waals surface area (Å²) in [7, 11) is 0. The van der Waals surface area contributed by atoms with Gasteiger partial charge in [0.1, 0.15) is 29.2 Å². The van der Waals surface area contributed by atoms with Gasteiger partial charge in [-0.3, -0.25) is 9.59 Å². The van der Waals surface area contributed by atoms with Crippen molar-refractivity contribution in [1.29, 1.82) is 0 Å². The lowest BCUT2D eigenvalue weighted by Crippen LogP contribution is -2.71. The van der Waals surface area contributed by atoms with E-state index in [4.69, 9.17) is 10.5 Å². The maximum atomic E-state index is 12.7. The van der Waals surface area contributed by atoms with Crippen molar-refractivity contribution in [2.45, 2.75) is 42.1 Å². The van der Waals surface area contributed by atoms with Crippen LogP contribution in [0.15, 0.2) is 54.6 Å². The molecular formula is C23H23N3O6S. The molecule has 2 aliphatic rings. The SMILES string of the molecule is CC1(C)S[C@@H]2C(NC(=O)C(N)c3ccc(OC(=O)c4ccccc4)cc3)C(=O)N2[C@H]1C(=O)O. The number of amides is 2. The smallest absolute Gasteiger partial charge is 0.343 e. The number of esters is 1. The Morgan fingerprint density at radius 1 is 1.12 bits per heavy atom. The average Bonchev–Trinajstić information content (AvgIpc) is 3.05. The summed E-state index contributed by atoms with van der Waals surface area (Å²) in [6.07, 6.45) is 0. The topological polar surface area (TPSA) is 139 Å². The molecule has 33 heavy (non-hydrogen) atoms. The molecule has 9 nitrogen and oxygen atoms in total. The summed E-state index contributed by atoms with van der Waals surface area (Å²) in [4.78, 5) is 50.3. The summed E-state index contributed by atoms with van der Waals surface area (Å²) in [5.41, 5.74) is 6.96. The van der Waals surface area contributed by atoms with Crippen LogP contribution in [0.4, 0.5) is 0 Å². The highest BCUT2D eigenvalue weighted by Gasteiger charge is 2.64. The molecule has 0 aliphatic carbocycles. The zero-order valence-corrected chi connectivity index (χ0v) is 18.7. The largest absolute Gasteiger partial charge is 0.480 e. The third kappa shape index (κ3) is 4.19. The van der Waals surface area contributed by atoms with E-state index in [-0.39, 0.29) is 0 Å². The van der Waals surface area contributed by atoms with Crippen LogP contribution >= 0.6 is 11.8 Å². The Bertz CT molecular complexity index is 1100. The molecule has 0 saturated carbocycles. The van der Waals surface area contributed by atoms with Crippen molar-refractivity contribution in [3.8, 4) is 5.75 Å². The molecule has 0 radical (unpaired) electrons. The monoisotopic (exact) mass is 469 g/mol. The number of ether oxygens (including phenoxy) is 1. The highest BCUT2D eigenvalue weighted by Crippen LogP contribution is 2.50. The molecule has 10 heteroatoms. The fourth-order valence-electron chi connectivity index (χ4n) is 4.02. The fraction of sp³-hybridized carbons (Fsp3) is 0.304. The number of nitrogens with zero attached hydrogens (tertiary/aromatic N) is 1. The first-order chi connectivity index (χ1) is 15.6. The third-order valence-electron chi connectivity index (χ3n) is 5.71. The molecule has 2 unspecified atom stereocenters. The summed E-state index contributed by atoms with van der Waals surface area (Å²) in [6.45, 7) is 3.53. The lowest BCUT2D eigenvalue weighted by atomic mass is 9.95. The van der Waals surface area contributed by atoms with Gasteiger partial charge in [-0.15, -0.1) is 11.8 Å². The number of nitrogens with one attached hydrogen (secondary N) is 1. The summed E-state index contributed by atoms with van der Waals surface area (Å²) in [6, 6.07) is 11.9. The van der Waals surface area contributed by atoms with Crippen LogP contribution in [0.25, 0.3) is 0 Å². The third-order valence-corrected chi connectivity index (χ3v) is 7.29. The van der Waals surface area contributed by atoms with Gasteiger partial charge in [0.25, 0.3) is 0 Å². The molecule has 172 valence electrons. The van der Waals surface area contributed by atoms with Crippen LogP contribution < -0.4 is 15.8 Å². The lowest BCUT2D eigenvalue weighted by Gasteiger charge is -2.43. The van der Waals surface area contributed by atoms with Crippen LogP contribution in [0.1, 0.15) is 35.8 Å². The minimum Gasteiger partial charge on any atom is -0.480 e. The van der Waals surface area contributed by atoms with E-state index in [1.54, 1.807) is 56.3 Å². The average molecular weight is 470 g/mol. The minimum absolute atomic E-state index is 0.300. The second-order valence-electron chi connectivity index (χ2n) is 8.39. The number of fused-ring (bicyclic) bond motifs is 1. The Labute approximate surface area is 194 Å². The second kappa shape index (κ2) is 8.53. The molecule has 2 saturated heterocycles. The van der Waals surface area contributed by atoms with Crippen molar-refractivity contribution in [2.75, 3.05) is 0 Å². The number of carbonyl (C=O) groups excluding carboxylic acids is 3. The van der Waals surface area contributed by atoms with Gasteiger partial charge in [-0.2, -0.15) is 0 Å². The van der Waals surface area contributed by atoms with Crippen molar-refractivity contribution >= 4 is 35.5 Å². The Hall–Kier alpha value is -3.37. The number of hydrogen-bond acceptors (Lipinski definition) is 7. The van der Waals surface area contributed by atoms with Gasteiger partial charge >= 0.3 is 11.9 Å². The summed E-state index contributed by atoms with van der Waals surface area (Å²) in [5.74, 6) is -2.27. The van der Waals surface area contributed by atoms with E-state index in [0.717, 1.165) is 0 Å². The number of carboxylic acid groups (broad SMARTS) is 1. The van der Waals surface area contributed by atoms with Gasteiger partial charge in [-0.05, 0) is 43.7 Å². The van der Waals surface area contributed by atoms with Crippen LogP contribution in [0.2, 0.25) is 0 Å². The van der Waals surface area contributed by atoms with Crippen molar-refractivity contribution in [1.82, 2.24) is 10.2 Å². The van der Waals surface area contributed by atoms with E-state index in [1.165, 1.54) is 28.8 Å². The molecular weight excluding hydrogens is 446 g/mol. The number of carboxylic acids is 1. The van der Waals surface area contributed by atoms with Crippen LogP contribution in [0, 0.1) is 0 Å². The van der Waals surface area contributed by atoms with Gasteiger partial charge < -0.3 is 25.8 Å². The molecule has 4 N–H and O–H groups in total. The predicted octanol–water partition coefficient (Wildman–Crippen LogP) is 1.54. The van der Waals surface area contributed by atoms with E-state index in [0.29, 0.717) is 16.9 Å². The van der Waals surface area contributed by atoms with Crippen molar-refractivity contribution in [3.05, 3.63) is 65.7 Å². The molecule has 2 fully saturated rings. The van der Waals surface area contributed by atoms with Gasteiger partial charge in [0.2, 0.25) is 11.8 Å². The Kier molecular flexibility index (Phi) is 5.89. The highest BCUT2D eigenvalue weighted by molar-refractivity contribution is 8.01. The fourth-order valence-corrected chi connectivity index (χ4v) is 5.65. The zero-order chi connectivity index (χ0) is 23.9. The normalized spacial score (nSPS) is 23.8. The van der Waals surface area contributed by atoms with E-state index in [1.807, 2.05) is 0 Å². The number of aliphatic carboxylic acids is 1. The minimum atomic E-state index is -1.07. The van der Waals surface area contributed by atoms with Gasteiger partial charge in [-0.25, -0.2) is 9.59 Å². The van der Waals surface area contributed by atoms with Crippen molar-refractivity contribution in [3.63, 3.8) is 0 Å². The summed E-state index contributed by atoms with van der Waals surface area (Å²) in [5, 5.41) is 11.7. The van der Waals surface area contributed by atoms with E-state index in [2.05, 4.69) is 5.32 Å². The van der Waals surface area contributed by atoms with Crippen LogP contribution in [0.5, 0.6) is 5.75 Å². The van der Waals surface area contributed by atoms with Gasteiger partial charge in [-0.1, -0.05) is 30.3 Å². The number of rotatable bonds is 6. The number of hydrogen-bond donors (Lipinski definition) is 3. The molecule has 0 aromatic heterocycles. The maximum absolute atomic E-state index is 12.7. The molecule has 0 spiro atoms. The van der Waals surface area contributed by atoms with Crippen molar-refractivity contribution in [2.24, 2.45) is 5.73 Å². The number of β-lactam (4-membered cyclic amide) rings is 1. The number of benzene rings is 2. The van der Waals surface area contributed by atoms with Gasteiger partial charge in [0.05, 0.1) is 5.56 Å². The lowest BCUT2D eigenvalue weighted by molar-refractivity contribution is -0.161. The molecule has 2 aromatic rings. The maximum Gasteiger partial charge on any atom is 0.343 e. The van der Waals surface area contributed by atoms with Crippen LogP contribution in [-0.2, 0) is 14.4 Å². The van der Waals surface area contributed by atoms with Crippen LogP contribution in [0.3, 0.4) is 0 Å². The first kappa shape index (κ1) is 22.8. The first-order valence-corrected chi connectivity index (χ1v) is 11.1. The van der Waals surface area contributed by atoms with E-state index < -0.39 is 52.0 Å².